The molecule has 2 amide bonds. The summed E-state index contributed by atoms with van der Waals surface area (Å²) in [6.07, 6.45) is -4.54. The van der Waals surface area contributed by atoms with Crippen LogP contribution in [0.3, 0.4) is 0 Å². The van der Waals surface area contributed by atoms with E-state index in [2.05, 4.69) is 5.32 Å². The minimum absolute atomic E-state index is 0.0426. The first-order valence-corrected chi connectivity index (χ1v) is 9.56. The van der Waals surface area contributed by atoms with Crippen molar-refractivity contribution < 1.29 is 27.5 Å². The Hall–Kier alpha value is -4.07. The van der Waals surface area contributed by atoms with Crippen molar-refractivity contribution in [3.8, 4) is 5.75 Å². The molecule has 0 spiro atoms. The van der Waals surface area contributed by atoms with Crippen molar-refractivity contribution in [2.24, 2.45) is 0 Å². The van der Waals surface area contributed by atoms with Crippen LogP contribution in [-0.2, 0) is 15.8 Å². The van der Waals surface area contributed by atoms with E-state index in [4.69, 9.17) is 4.74 Å². The van der Waals surface area contributed by atoms with Crippen molar-refractivity contribution in [3.63, 3.8) is 0 Å². The summed E-state index contributed by atoms with van der Waals surface area (Å²) in [7, 11) is 1.49. The van der Waals surface area contributed by atoms with Gasteiger partial charge in [-0.2, -0.15) is 13.2 Å². The van der Waals surface area contributed by atoms with Gasteiger partial charge >= 0.3 is 6.18 Å². The lowest BCUT2D eigenvalue weighted by Crippen LogP contribution is -2.32. The number of imide groups is 1. The quantitative estimate of drug-likeness (QED) is 0.563. The van der Waals surface area contributed by atoms with Crippen molar-refractivity contribution in [3.05, 3.63) is 95.7 Å². The van der Waals surface area contributed by atoms with Crippen LogP contribution in [0.25, 0.3) is 5.57 Å². The van der Waals surface area contributed by atoms with E-state index in [0.29, 0.717) is 17.0 Å². The Balaban J connectivity index is 1.78. The van der Waals surface area contributed by atoms with Gasteiger partial charge in [0, 0.05) is 5.69 Å². The van der Waals surface area contributed by atoms with E-state index in [1.54, 1.807) is 54.6 Å². The van der Waals surface area contributed by atoms with Crippen LogP contribution in [-0.4, -0.2) is 18.9 Å². The van der Waals surface area contributed by atoms with Gasteiger partial charge in [0.1, 0.15) is 11.4 Å². The summed E-state index contributed by atoms with van der Waals surface area (Å²) in [6.45, 7) is 0. The van der Waals surface area contributed by atoms with Gasteiger partial charge in [-0.25, -0.2) is 4.90 Å². The lowest BCUT2D eigenvalue weighted by molar-refractivity contribution is -0.137. The van der Waals surface area contributed by atoms with Crippen LogP contribution in [0.1, 0.15) is 11.1 Å². The predicted molar refractivity (Wildman–Crippen MR) is 114 cm³/mol. The molecule has 0 aliphatic carbocycles. The molecule has 0 radical (unpaired) electrons. The molecule has 1 heterocycles. The fourth-order valence-corrected chi connectivity index (χ4v) is 3.40. The number of anilines is 2. The van der Waals surface area contributed by atoms with Crippen LogP contribution < -0.4 is 15.0 Å². The fraction of sp³-hybridized carbons (Fsp3) is 0.0833. The van der Waals surface area contributed by atoms with Crippen molar-refractivity contribution in [2.75, 3.05) is 17.3 Å². The first-order chi connectivity index (χ1) is 15.3. The summed E-state index contributed by atoms with van der Waals surface area (Å²) in [5, 5.41) is 2.75. The maximum atomic E-state index is 13.3. The third-order valence-corrected chi connectivity index (χ3v) is 4.94. The Kier molecular flexibility index (Phi) is 5.44. The number of rotatable bonds is 5. The standard InChI is InChI=1S/C24H17F3N2O3/c1-32-19-12-10-18(11-13-19)29-22(30)20(15-6-3-2-4-7-15)21(23(29)31)28-17-9-5-8-16(14-17)24(25,26)27/h2-14,28H,1H3. The summed E-state index contributed by atoms with van der Waals surface area (Å²) >= 11 is 0. The summed E-state index contributed by atoms with van der Waals surface area (Å²) in [5.41, 5.74) is -0.0688. The molecule has 3 aromatic carbocycles. The highest BCUT2D eigenvalue weighted by Crippen LogP contribution is 2.35. The third-order valence-electron chi connectivity index (χ3n) is 4.94. The van der Waals surface area contributed by atoms with E-state index in [1.165, 1.54) is 19.2 Å². The summed E-state index contributed by atoms with van der Waals surface area (Å²) < 4.78 is 44.5. The molecule has 4 rings (SSSR count). The largest absolute Gasteiger partial charge is 0.497 e. The molecule has 0 bridgehead atoms. The van der Waals surface area contributed by atoms with Crippen LogP contribution in [0.2, 0.25) is 0 Å². The minimum Gasteiger partial charge on any atom is -0.497 e. The smallest absolute Gasteiger partial charge is 0.416 e. The lowest BCUT2D eigenvalue weighted by Gasteiger charge is -2.16. The van der Waals surface area contributed by atoms with Gasteiger partial charge in [0.25, 0.3) is 11.8 Å². The van der Waals surface area contributed by atoms with E-state index >= 15 is 0 Å². The molecule has 1 N–H and O–H groups in total. The number of benzene rings is 3. The zero-order valence-electron chi connectivity index (χ0n) is 16.8. The lowest BCUT2D eigenvalue weighted by atomic mass is 10.0. The molecule has 0 saturated carbocycles. The van der Waals surface area contributed by atoms with Crippen LogP contribution in [0.15, 0.2) is 84.6 Å². The molecule has 0 atom stereocenters. The van der Waals surface area contributed by atoms with E-state index in [9.17, 15) is 22.8 Å². The van der Waals surface area contributed by atoms with Crippen LogP contribution in [0.5, 0.6) is 5.75 Å². The van der Waals surface area contributed by atoms with E-state index in [1.807, 2.05) is 0 Å². The number of hydrogen-bond acceptors (Lipinski definition) is 4. The van der Waals surface area contributed by atoms with E-state index in [0.717, 1.165) is 17.0 Å². The Morgan fingerprint density at radius 2 is 1.53 bits per heavy atom. The number of hydrogen-bond donors (Lipinski definition) is 1. The molecule has 0 aromatic heterocycles. The molecule has 5 nitrogen and oxygen atoms in total. The van der Waals surface area contributed by atoms with Gasteiger partial charge in [-0.3, -0.25) is 9.59 Å². The Morgan fingerprint density at radius 3 is 2.16 bits per heavy atom. The number of amides is 2. The molecule has 1 aliphatic rings. The van der Waals surface area contributed by atoms with Crippen molar-refractivity contribution in [2.45, 2.75) is 6.18 Å². The second kappa shape index (κ2) is 8.22. The first-order valence-electron chi connectivity index (χ1n) is 9.56. The second-order valence-corrected chi connectivity index (χ2v) is 6.96. The molecule has 0 saturated heterocycles. The molecule has 3 aromatic rings. The number of carbonyl (C=O) groups is 2. The van der Waals surface area contributed by atoms with E-state index in [-0.39, 0.29) is 17.0 Å². The average Bonchev–Trinajstić information content (AvgIpc) is 3.03. The van der Waals surface area contributed by atoms with Gasteiger partial charge < -0.3 is 10.1 Å². The first kappa shape index (κ1) is 21.2. The third kappa shape index (κ3) is 3.94. The number of nitrogens with one attached hydrogen (secondary N) is 1. The van der Waals surface area contributed by atoms with Crippen molar-refractivity contribution >= 4 is 28.8 Å². The topological polar surface area (TPSA) is 58.6 Å². The molecule has 8 heteroatoms. The van der Waals surface area contributed by atoms with Gasteiger partial charge in [-0.1, -0.05) is 36.4 Å². The summed E-state index contributed by atoms with van der Waals surface area (Å²) in [4.78, 5) is 27.5. The molecule has 1 aliphatic heterocycles. The Morgan fingerprint density at radius 1 is 0.844 bits per heavy atom. The number of methoxy groups -OCH3 is 1. The fourth-order valence-electron chi connectivity index (χ4n) is 3.40. The monoisotopic (exact) mass is 438 g/mol. The van der Waals surface area contributed by atoms with Gasteiger partial charge in [0.2, 0.25) is 0 Å². The minimum atomic E-state index is -4.54. The Labute approximate surface area is 181 Å². The number of carbonyl (C=O) groups excluding carboxylic acids is 2. The van der Waals surface area contributed by atoms with Crippen molar-refractivity contribution in [1.82, 2.24) is 0 Å². The highest BCUT2D eigenvalue weighted by atomic mass is 19.4. The maximum absolute atomic E-state index is 13.3. The Bertz CT molecular complexity index is 1200. The molecule has 0 unspecified atom stereocenters. The SMILES string of the molecule is COc1ccc(N2C(=O)C(Nc3cccc(C(F)(F)F)c3)=C(c3ccccc3)C2=O)cc1. The van der Waals surface area contributed by atoms with Gasteiger partial charge in [-0.05, 0) is 48.0 Å². The molecule has 32 heavy (non-hydrogen) atoms. The van der Waals surface area contributed by atoms with E-state index < -0.39 is 23.6 Å². The number of nitrogens with zero attached hydrogens (tertiary/aromatic N) is 1. The maximum Gasteiger partial charge on any atom is 0.416 e. The van der Waals surface area contributed by atoms with Crippen molar-refractivity contribution in [1.29, 1.82) is 0 Å². The molecular weight excluding hydrogens is 421 g/mol. The van der Waals surface area contributed by atoms with Gasteiger partial charge in [0.05, 0.1) is 23.9 Å². The zero-order valence-corrected chi connectivity index (χ0v) is 16.8. The summed E-state index contributed by atoms with van der Waals surface area (Å²) in [5.74, 6) is -0.705. The number of ether oxygens (including phenoxy) is 1. The van der Waals surface area contributed by atoms with Crippen LogP contribution >= 0.6 is 0 Å². The highest BCUT2D eigenvalue weighted by Gasteiger charge is 2.40. The number of alkyl halides is 3. The normalized spacial score (nSPS) is 14.2. The zero-order chi connectivity index (χ0) is 22.9. The van der Waals surface area contributed by atoms with Gasteiger partial charge in [0.15, 0.2) is 0 Å². The van der Waals surface area contributed by atoms with Crippen LogP contribution in [0.4, 0.5) is 24.5 Å². The second-order valence-electron chi connectivity index (χ2n) is 6.96. The molecule has 162 valence electrons. The number of halogens is 3. The van der Waals surface area contributed by atoms with Crippen LogP contribution in [0, 0.1) is 0 Å². The molecular formula is C24H17F3N2O3. The predicted octanol–water partition coefficient (Wildman–Crippen LogP) is 5.11. The average molecular weight is 438 g/mol. The highest BCUT2D eigenvalue weighted by molar-refractivity contribution is 6.46. The molecule has 0 fully saturated rings. The summed E-state index contributed by atoms with van der Waals surface area (Å²) in [6, 6.07) is 19.3. The van der Waals surface area contributed by atoms with Gasteiger partial charge in [-0.15, -0.1) is 0 Å².